The second-order valence-electron chi connectivity index (χ2n) is 6.36. The monoisotopic (exact) mass is 469 g/mol. The number of nitrogens with zero attached hydrogens (tertiary/aromatic N) is 4. The Morgan fingerprint density at radius 1 is 1.38 bits per heavy atom. The molecule has 1 aromatic carbocycles. The van der Waals surface area contributed by atoms with Crippen LogP contribution in [0.3, 0.4) is 0 Å². The first-order valence-electron chi connectivity index (χ1n) is 8.85. The Morgan fingerprint density at radius 2 is 2.19 bits per heavy atom. The quantitative estimate of drug-likeness (QED) is 0.416. The van der Waals surface area contributed by atoms with Gasteiger partial charge < -0.3 is 15.0 Å². The van der Waals surface area contributed by atoms with Gasteiger partial charge in [-0.25, -0.2) is 4.99 Å². The molecule has 0 amide bonds. The molecular formula is C19H28IN5O. The van der Waals surface area contributed by atoms with Crippen LogP contribution in [0.15, 0.2) is 41.7 Å². The molecule has 0 bridgehead atoms. The second kappa shape index (κ2) is 9.80. The first-order valence-corrected chi connectivity index (χ1v) is 8.85. The van der Waals surface area contributed by atoms with Gasteiger partial charge in [-0.3, -0.25) is 4.68 Å². The van der Waals surface area contributed by atoms with Crippen molar-refractivity contribution in [3.05, 3.63) is 47.8 Å². The van der Waals surface area contributed by atoms with Crippen LogP contribution in [0.2, 0.25) is 0 Å². The van der Waals surface area contributed by atoms with Crippen LogP contribution in [-0.2, 0) is 13.6 Å². The Hall–Kier alpha value is -1.77. The van der Waals surface area contributed by atoms with Crippen molar-refractivity contribution in [3.63, 3.8) is 0 Å². The van der Waals surface area contributed by atoms with Crippen molar-refractivity contribution in [2.24, 2.45) is 12.0 Å². The molecule has 6 nitrogen and oxygen atoms in total. The van der Waals surface area contributed by atoms with Crippen molar-refractivity contribution in [2.45, 2.75) is 25.8 Å². The fourth-order valence-corrected chi connectivity index (χ4v) is 3.30. The van der Waals surface area contributed by atoms with E-state index in [1.807, 2.05) is 36.1 Å². The minimum absolute atomic E-state index is 0. The lowest BCUT2D eigenvalue weighted by Crippen LogP contribution is -2.40. The summed E-state index contributed by atoms with van der Waals surface area (Å²) in [5.41, 5.74) is 2.41. The minimum Gasteiger partial charge on any atom is -0.496 e. The summed E-state index contributed by atoms with van der Waals surface area (Å²) in [4.78, 5) is 7.18. The van der Waals surface area contributed by atoms with Crippen molar-refractivity contribution in [1.82, 2.24) is 20.0 Å². The molecule has 1 aromatic heterocycles. The van der Waals surface area contributed by atoms with Crippen molar-refractivity contribution in [1.29, 1.82) is 0 Å². The Balaban J connectivity index is 0.00000243. The van der Waals surface area contributed by atoms with Gasteiger partial charge in [0.05, 0.1) is 19.9 Å². The molecule has 1 aliphatic rings. The highest BCUT2D eigenvalue weighted by atomic mass is 127. The standard InChI is InChI=1S/C19H27N5O.HI/c1-4-20-19(21-11-15-7-5-6-8-18(15)25-3)24-10-9-16(14-24)17-12-22-23(2)13-17;/h5-8,12-13,16H,4,9-11,14H2,1-3H3,(H,20,21);1H. The van der Waals surface area contributed by atoms with Crippen LogP contribution in [0.25, 0.3) is 0 Å². The molecule has 7 heteroatoms. The van der Waals surface area contributed by atoms with Gasteiger partial charge in [0.15, 0.2) is 5.96 Å². The molecule has 1 unspecified atom stereocenters. The normalized spacial score (nSPS) is 17.1. The smallest absolute Gasteiger partial charge is 0.194 e. The topological polar surface area (TPSA) is 54.7 Å². The Kier molecular flexibility index (Phi) is 7.74. The highest BCUT2D eigenvalue weighted by Crippen LogP contribution is 2.27. The Bertz CT molecular complexity index is 730. The number of ether oxygens (including phenoxy) is 1. The summed E-state index contributed by atoms with van der Waals surface area (Å²) in [6.07, 6.45) is 5.23. The maximum absolute atomic E-state index is 5.43. The van der Waals surface area contributed by atoms with Gasteiger partial charge in [0.2, 0.25) is 0 Å². The van der Waals surface area contributed by atoms with Crippen molar-refractivity contribution in [3.8, 4) is 5.75 Å². The van der Waals surface area contributed by atoms with Gasteiger partial charge >= 0.3 is 0 Å². The average Bonchev–Trinajstić information content (AvgIpc) is 3.28. The van der Waals surface area contributed by atoms with E-state index in [1.54, 1.807) is 7.11 Å². The Morgan fingerprint density at radius 3 is 2.88 bits per heavy atom. The third-order valence-corrected chi connectivity index (χ3v) is 4.61. The highest BCUT2D eigenvalue weighted by molar-refractivity contribution is 14.0. The summed E-state index contributed by atoms with van der Waals surface area (Å²) in [5.74, 6) is 2.38. The molecule has 3 rings (SSSR count). The summed E-state index contributed by atoms with van der Waals surface area (Å²) >= 11 is 0. The first kappa shape index (κ1) is 20.5. The molecule has 1 atom stereocenters. The van der Waals surface area contributed by atoms with Gasteiger partial charge in [-0.05, 0) is 25.0 Å². The predicted molar refractivity (Wildman–Crippen MR) is 115 cm³/mol. The van der Waals surface area contributed by atoms with E-state index < -0.39 is 0 Å². The van der Waals surface area contributed by atoms with Gasteiger partial charge in [-0.1, -0.05) is 18.2 Å². The predicted octanol–water partition coefficient (Wildman–Crippen LogP) is 3.00. The van der Waals surface area contributed by atoms with E-state index in [4.69, 9.17) is 9.73 Å². The lowest BCUT2D eigenvalue weighted by Gasteiger charge is -2.21. The zero-order chi connectivity index (χ0) is 17.6. The molecule has 0 radical (unpaired) electrons. The number of aromatic nitrogens is 2. The number of aryl methyl sites for hydroxylation is 1. The highest BCUT2D eigenvalue weighted by Gasteiger charge is 2.26. The number of rotatable bonds is 5. The molecule has 2 heterocycles. The summed E-state index contributed by atoms with van der Waals surface area (Å²) < 4.78 is 7.30. The lowest BCUT2D eigenvalue weighted by atomic mass is 10.0. The largest absolute Gasteiger partial charge is 0.496 e. The van der Waals surface area contributed by atoms with Gasteiger partial charge in [-0.15, -0.1) is 24.0 Å². The summed E-state index contributed by atoms with van der Waals surface area (Å²) in [7, 11) is 3.67. The molecule has 1 fully saturated rings. The van der Waals surface area contributed by atoms with E-state index in [1.165, 1.54) is 5.56 Å². The fourth-order valence-electron chi connectivity index (χ4n) is 3.30. The van der Waals surface area contributed by atoms with E-state index in [9.17, 15) is 0 Å². The molecule has 1 N–H and O–H groups in total. The fraction of sp³-hybridized carbons (Fsp3) is 0.474. The van der Waals surface area contributed by atoms with E-state index >= 15 is 0 Å². The number of aliphatic imine (C=N–C) groups is 1. The van der Waals surface area contributed by atoms with Crippen LogP contribution in [0.4, 0.5) is 0 Å². The van der Waals surface area contributed by atoms with Gasteiger partial charge in [0.1, 0.15) is 5.75 Å². The first-order chi connectivity index (χ1) is 12.2. The third kappa shape index (κ3) is 4.90. The summed E-state index contributed by atoms with van der Waals surface area (Å²) in [6.45, 7) is 5.56. The van der Waals surface area contributed by atoms with Gasteiger partial charge in [-0.2, -0.15) is 5.10 Å². The number of guanidine groups is 1. The molecule has 0 aliphatic carbocycles. The number of hydrogen-bond donors (Lipinski definition) is 1. The molecular weight excluding hydrogens is 441 g/mol. The van der Waals surface area contributed by atoms with Crippen LogP contribution in [-0.4, -0.2) is 47.4 Å². The van der Waals surface area contributed by atoms with Crippen LogP contribution in [0.5, 0.6) is 5.75 Å². The third-order valence-electron chi connectivity index (χ3n) is 4.61. The number of methoxy groups -OCH3 is 1. The zero-order valence-corrected chi connectivity index (χ0v) is 18.0. The number of likely N-dealkylation sites (tertiary alicyclic amines) is 1. The van der Waals surface area contributed by atoms with Gasteiger partial charge in [0, 0.05) is 44.4 Å². The minimum atomic E-state index is 0. The summed E-state index contributed by atoms with van der Waals surface area (Å²) in [5, 5.41) is 7.72. The molecule has 0 spiro atoms. The molecule has 142 valence electrons. The van der Waals surface area contributed by atoms with E-state index in [2.05, 4.69) is 34.5 Å². The van der Waals surface area contributed by atoms with E-state index in [0.29, 0.717) is 12.5 Å². The number of para-hydroxylation sites is 1. The number of halogens is 1. The van der Waals surface area contributed by atoms with Crippen LogP contribution in [0, 0.1) is 0 Å². The maximum Gasteiger partial charge on any atom is 0.194 e. The van der Waals surface area contributed by atoms with Crippen LogP contribution >= 0.6 is 24.0 Å². The molecule has 0 saturated carbocycles. The van der Waals surface area contributed by atoms with Gasteiger partial charge in [0.25, 0.3) is 0 Å². The van der Waals surface area contributed by atoms with Crippen LogP contribution in [0.1, 0.15) is 30.4 Å². The molecule has 1 saturated heterocycles. The van der Waals surface area contributed by atoms with Crippen molar-refractivity contribution >= 4 is 29.9 Å². The van der Waals surface area contributed by atoms with Crippen molar-refractivity contribution < 1.29 is 4.74 Å². The van der Waals surface area contributed by atoms with E-state index in [0.717, 1.165) is 43.3 Å². The van der Waals surface area contributed by atoms with Crippen LogP contribution < -0.4 is 10.1 Å². The molecule has 1 aliphatic heterocycles. The Labute approximate surface area is 172 Å². The molecule has 2 aromatic rings. The summed E-state index contributed by atoms with van der Waals surface area (Å²) in [6, 6.07) is 8.05. The maximum atomic E-state index is 5.43. The number of hydrogen-bond acceptors (Lipinski definition) is 3. The molecule has 26 heavy (non-hydrogen) atoms. The van der Waals surface area contributed by atoms with E-state index in [-0.39, 0.29) is 24.0 Å². The number of benzene rings is 1. The zero-order valence-electron chi connectivity index (χ0n) is 15.7. The van der Waals surface area contributed by atoms with Crippen molar-refractivity contribution in [2.75, 3.05) is 26.7 Å². The average molecular weight is 469 g/mol. The second-order valence-corrected chi connectivity index (χ2v) is 6.36. The lowest BCUT2D eigenvalue weighted by molar-refractivity contribution is 0.409. The SMILES string of the molecule is CCNC(=NCc1ccccc1OC)N1CCC(c2cnn(C)c2)C1.I. The number of nitrogens with one attached hydrogen (secondary N) is 1.